The van der Waals surface area contributed by atoms with E-state index in [1.165, 1.54) is 0 Å². The van der Waals surface area contributed by atoms with Gasteiger partial charge in [0.25, 0.3) is 0 Å². The van der Waals surface area contributed by atoms with Crippen molar-refractivity contribution in [3.63, 3.8) is 0 Å². The summed E-state index contributed by atoms with van der Waals surface area (Å²) in [6, 6.07) is 0. The zero-order chi connectivity index (χ0) is 7.71. The van der Waals surface area contributed by atoms with Crippen LogP contribution in [0.25, 0.3) is 0 Å². The number of alkyl halides is 3. The summed E-state index contributed by atoms with van der Waals surface area (Å²) in [6.45, 7) is 0. The van der Waals surface area contributed by atoms with Crippen LogP contribution in [0.4, 0.5) is 13.2 Å². The number of halogens is 4. The summed E-state index contributed by atoms with van der Waals surface area (Å²) >= 11 is 1.70. The molecule has 0 amide bonds. The van der Waals surface area contributed by atoms with E-state index in [4.69, 9.17) is 0 Å². The van der Waals surface area contributed by atoms with E-state index in [0.717, 1.165) is 0 Å². The fourth-order valence-corrected chi connectivity index (χ4v) is 0.557. The second kappa shape index (κ2) is 4.27. The van der Waals surface area contributed by atoms with Crippen molar-refractivity contribution in [2.24, 2.45) is 0 Å². The Balaban J connectivity index is 0. The maximum absolute atomic E-state index is 11.1. The Bertz CT molecular complexity index is 184. The molecule has 0 aromatic rings. The standard InChI is InChI=1S/CBrF3O3S.Na.H/c2-8-9(6,7)1(3,4)5;;. The van der Waals surface area contributed by atoms with Gasteiger partial charge in [0, 0.05) is 0 Å². The van der Waals surface area contributed by atoms with E-state index < -0.39 is 15.6 Å². The first-order valence-electron chi connectivity index (χ1n) is 1.43. The molecule has 10 heavy (non-hydrogen) atoms. The molecular weight excluding hydrogens is 252 g/mol. The van der Waals surface area contributed by atoms with Crippen LogP contribution >= 0.6 is 16.3 Å². The Kier molecular flexibility index (Phi) is 5.87. The van der Waals surface area contributed by atoms with Crippen LogP contribution in [0.3, 0.4) is 0 Å². The fourth-order valence-electron chi connectivity index (χ4n) is 0.0357. The topological polar surface area (TPSA) is 43.4 Å². The first kappa shape index (κ1) is 13.7. The quantitative estimate of drug-likeness (QED) is 0.505. The molecule has 0 aliphatic heterocycles. The van der Waals surface area contributed by atoms with E-state index >= 15 is 0 Å². The molecule has 0 heterocycles. The molecule has 0 fully saturated rings. The van der Waals surface area contributed by atoms with Crippen molar-refractivity contribution in [3.05, 3.63) is 0 Å². The van der Waals surface area contributed by atoms with Crippen molar-refractivity contribution in [3.8, 4) is 0 Å². The van der Waals surface area contributed by atoms with Gasteiger partial charge in [-0.1, -0.05) is 0 Å². The van der Waals surface area contributed by atoms with E-state index in [-0.39, 0.29) is 29.6 Å². The molecule has 0 radical (unpaired) electrons. The molecule has 0 aromatic heterocycles. The van der Waals surface area contributed by atoms with Crippen molar-refractivity contribution in [2.75, 3.05) is 0 Å². The molecule has 0 spiro atoms. The van der Waals surface area contributed by atoms with Crippen LogP contribution in [-0.2, 0) is 13.4 Å². The van der Waals surface area contributed by atoms with Crippen molar-refractivity contribution in [1.82, 2.24) is 0 Å². The van der Waals surface area contributed by atoms with E-state index in [1.54, 1.807) is 16.3 Å². The Morgan fingerprint density at radius 3 is 1.60 bits per heavy atom. The predicted molar refractivity (Wildman–Crippen MR) is 32.1 cm³/mol. The molecule has 0 bridgehead atoms. The fraction of sp³-hybridized carbons (Fsp3) is 1.00. The minimum atomic E-state index is -5.42. The zero-order valence-electron chi connectivity index (χ0n) is 3.64. The van der Waals surface area contributed by atoms with Gasteiger partial charge in [-0.05, 0) is 0 Å². The third-order valence-corrected chi connectivity index (χ3v) is 2.14. The van der Waals surface area contributed by atoms with Crippen LogP contribution < -0.4 is 0 Å². The summed E-state index contributed by atoms with van der Waals surface area (Å²) in [5.41, 5.74) is -5.35. The van der Waals surface area contributed by atoms with Crippen molar-refractivity contribution >= 4 is 55.9 Å². The molecule has 9 heteroatoms. The normalized spacial score (nSPS) is 12.4. The summed E-state index contributed by atoms with van der Waals surface area (Å²) in [7, 11) is -5.42. The van der Waals surface area contributed by atoms with Gasteiger partial charge in [0.15, 0.2) is 0 Å². The number of hydrogen-bond donors (Lipinski definition) is 0. The first-order valence-corrected chi connectivity index (χ1v) is 3.48. The Morgan fingerprint density at radius 1 is 1.30 bits per heavy atom. The zero-order valence-corrected chi connectivity index (χ0v) is 6.05. The van der Waals surface area contributed by atoms with Crippen molar-refractivity contribution in [2.45, 2.75) is 5.51 Å². The molecular formula is CHBrF3NaO3S. The van der Waals surface area contributed by atoms with Gasteiger partial charge in [-0.15, -0.1) is 0 Å². The van der Waals surface area contributed by atoms with Crippen LogP contribution in [0.5, 0.6) is 0 Å². The SMILES string of the molecule is O=S(=O)(OBr)C(F)(F)F.[NaH]. The molecule has 0 aliphatic carbocycles. The molecule has 0 atom stereocenters. The van der Waals surface area contributed by atoms with Crippen molar-refractivity contribution < 1.29 is 24.9 Å². The van der Waals surface area contributed by atoms with Crippen LogP contribution in [0.2, 0.25) is 0 Å². The molecule has 0 N–H and O–H groups in total. The third-order valence-electron chi connectivity index (χ3n) is 0.366. The molecule has 0 aliphatic rings. The van der Waals surface area contributed by atoms with Gasteiger partial charge in [0.1, 0.15) is 16.3 Å². The first-order chi connectivity index (χ1) is 3.81. The summed E-state index contributed by atoms with van der Waals surface area (Å²) in [4.78, 5) is 0. The average Bonchev–Trinajstić information content (AvgIpc) is 1.64. The van der Waals surface area contributed by atoms with Crippen molar-refractivity contribution in [1.29, 1.82) is 0 Å². The van der Waals surface area contributed by atoms with Gasteiger partial charge in [-0.2, -0.15) is 24.9 Å². The van der Waals surface area contributed by atoms with Crippen LogP contribution in [0.15, 0.2) is 0 Å². The van der Waals surface area contributed by atoms with Crippen LogP contribution in [0, 0.1) is 0 Å². The molecule has 58 valence electrons. The van der Waals surface area contributed by atoms with E-state index in [9.17, 15) is 21.6 Å². The second-order valence-electron chi connectivity index (χ2n) is 0.963. The monoisotopic (exact) mass is 252 g/mol. The minimum absolute atomic E-state index is 0. The van der Waals surface area contributed by atoms with Gasteiger partial charge in [0.2, 0.25) is 0 Å². The summed E-state index contributed by atoms with van der Waals surface area (Å²) in [5.74, 6) is 0. The Hall–Kier alpha value is 1.18. The van der Waals surface area contributed by atoms with Crippen LogP contribution in [-0.4, -0.2) is 43.5 Å². The van der Waals surface area contributed by atoms with Crippen LogP contribution in [0.1, 0.15) is 0 Å². The van der Waals surface area contributed by atoms with Gasteiger partial charge >= 0.3 is 45.2 Å². The van der Waals surface area contributed by atoms with Gasteiger partial charge in [-0.25, -0.2) is 0 Å². The Morgan fingerprint density at radius 2 is 1.60 bits per heavy atom. The molecule has 0 unspecified atom stereocenters. The van der Waals surface area contributed by atoms with E-state index in [2.05, 4.69) is 3.27 Å². The van der Waals surface area contributed by atoms with E-state index in [1.807, 2.05) is 0 Å². The molecule has 0 aromatic carbocycles. The predicted octanol–water partition coefficient (Wildman–Crippen LogP) is 0.514. The summed E-state index contributed by atoms with van der Waals surface area (Å²) < 4.78 is 55.5. The summed E-state index contributed by atoms with van der Waals surface area (Å²) in [5, 5.41) is 0. The van der Waals surface area contributed by atoms with Gasteiger partial charge in [0.05, 0.1) is 0 Å². The number of rotatable bonds is 1. The molecule has 0 rings (SSSR count). The molecule has 0 saturated heterocycles. The average molecular weight is 253 g/mol. The Labute approximate surface area is 85.8 Å². The third kappa shape index (κ3) is 3.54. The summed E-state index contributed by atoms with van der Waals surface area (Å²) in [6.07, 6.45) is 0. The second-order valence-corrected chi connectivity index (χ2v) is 3.25. The van der Waals surface area contributed by atoms with E-state index in [0.29, 0.717) is 0 Å². The van der Waals surface area contributed by atoms with Gasteiger partial charge in [-0.3, -0.25) is 0 Å². The number of hydrogen-bond acceptors (Lipinski definition) is 3. The molecule has 0 saturated carbocycles. The molecule has 3 nitrogen and oxygen atoms in total. The maximum atomic E-state index is 11.1. The van der Waals surface area contributed by atoms with Gasteiger partial charge < -0.3 is 0 Å².